The first-order valence-corrected chi connectivity index (χ1v) is 13.3. The molecule has 0 aliphatic carbocycles. The highest BCUT2D eigenvalue weighted by atomic mass is 16.2. The summed E-state index contributed by atoms with van der Waals surface area (Å²) in [6, 6.07) is 28.7. The maximum Gasteiger partial charge on any atom is 0.227 e. The summed E-state index contributed by atoms with van der Waals surface area (Å²) in [5.74, 6) is 0.797. The molecule has 3 aromatic carbocycles. The highest BCUT2D eigenvalue weighted by molar-refractivity contribution is 5.86. The number of hydrogen-bond acceptors (Lipinski definition) is 2. The van der Waals surface area contributed by atoms with E-state index in [1.165, 1.54) is 11.1 Å². The van der Waals surface area contributed by atoms with Crippen molar-refractivity contribution in [3.63, 3.8) is 0 Å². The number of rotatable bonds is 13. The van der Waals surface area contributed by atoms with E-state index in [0.29, 0.717) is 24.7 Å². The zero-order valence-corrected chi connectivity index (χ0v) is 22.2. The second-order valence-electron chi connectivity index (χ2n) is 10.4. The Balaban J connectivity index is 1.44. The topological polar surface area (TPSA) is 46.2 Å². The number of ketones is 1. The summed E-state index contributed by atoms with van der Waals surface area (Å²) in [5, 5.41) is 3.13. The molecule has 0 fully saturated rings. The normalized spacial score (nSPS) is 12.9. The van der Waals surface area contributed by atoms with Crippen LogP contribution >= 0.6 is 0 Å². The van der Waals surface area contributed by atoms with Crippen LogP contribution in [0.3, 0.4) is 0 Å². The van der Waals surface area contributed by atoms with Gasteiger partial charge in [-0.15, -0.1) is 0 Å². The Hall–Kier alpha value is -3.20. The van der Waals surface area contributed by atoms with Gasteiger partial charge < -0.3 is 5.32 Å². The van der Waals surface area contributed by atoms with Gasteiger partial charge in [-0.2, -0.15) is 0 Å². The standard InChI is InChI=1S/C33H41NO2/c1-24(2)31(28-13-7-5-8-14-28)30(35)17-11-12-26-18-20-27(21-19-26)22-23-34-33(36)32(25(3)4)29-15-9-6-10-16-29/h5-10,13-16,18-21,24-25,31-32H,11-12,17,22-23H2,1-4H3,(H,34,36)/t31-,32-/m0/s1. The van der Waals surface area contributed by atoms with Crippen LogP contribution in [0.4, 0.5) is 0 Å². The Bertz CT molecular complexity index is 983. The average Bonchev–Trinajstić information content (AvgIpc) is 2.86. The summed E-state index contributed by atoms with van der Waals surface area (Å²) in [6.45, 7) is 9.06. The smallest absolute Gasteiger partial charge is 0.227 e. The first kappa shape index (κ1) is 27.4. The van der Waals surface area contributed by atoms with Crippen molar-refractivity contribution in [1.82, 2.24) is 5.32 Å². The third-order valence-electron chi connectivity index (χ3n) is 6.90. The first-order chi connectivity index (χ1) is 17.4. The molecule has 0 saturated carbocycles. The minimum Gasteiger partial charge on any atom is -0.355 e. The van der Waals surface area contributed by atoms with Crippen molar-refractivity contribution in [1.29, 1.82) is 0 Å². The molecule has 0 unspecified atom stereocenters. The van der Waals surface area contributed by atoms with Gasteiger partial charge in [-0.3, -0.25) is 9.59 Å². The van der Waals surface area contributed by atoms with Gasteiger partial charge in [0.05, 0.1) is 5.92 Å². The minimum atomic E-state index is -0.131. The fraction of sp³-hybridized carbons (Fsp3) is 0.394. The lowest BCUT2D eigenvalue weighted by molar-refractivity contribution is -0.123. The molecule has 0 radical (unpaired) electrons. The monoisotopic (exact) mass is 483 g/mol. The molecule has 0 aliphatic rings. The van der Waals surface area contributed by atoms with Crippen LogP contribution in [0.25, 0.3) is 0 Å². The lowest BCUT2D eigenvalue weighted by Crippen LogP contribution is -2.33. The van der Waals surface area contributed by atoms with E-state index in [1.54, 1.807) is 0 Å². The van der Waals surface area contributed by atoms with E-state index in [2.05, 4.69) is 69.4 Å². The molecule has 3 rings (SSSR count). The van der Waals surface area contributed by atoms with Crippen LogP contribution in [0.2, 0.25) is 0 Å². The zero-order chi connectivity index (χ0) is 25.9. The van der Waals surface area contributed by atoms with Crippen LogP contribution in [-0.2, 0) is 22.4 Å². The maximum atomic E-state index is 12.9. The van der Waals surface area contributed by atoms with E-state index < -0.39 is 0 Å². The Morgan fingerprint density at radius 3 is 1.61 bits per heavy atom. The molecule has 3 nitrogen and oxygen atoms in total. The van der Waals surface area contributed by atoms with E-state index in [9.17, 15) is 9.59 Å². The van der Waals surface area contributed by atoms with Crippen molar-refractivity contribution >= 4 is 11.7 Å². The number of nitrogens with one attached hydrogen (secondary N) is 1. The molecule has 36 heavy (non-hydrogen) atoms. The average molecular weight is 484 g/mol. The van der Waals surface area contributed by atoms with Gasteiger partial charge in [-0.05, 0) is 53.4 Å². The van der Waals surface area contributed by atoms with Crippen molar-refractivity contribution in [3.8, 4) is 0 Å². The number of amides is 1. The van der Waals surface area contributed by atoms with Crippen LogP contribution in [0.1, 0.15) is 74.6 Å². The molecule has 190 valence electrons. The predicted octanol–water partition coefficient (Wildman–Crippen LogP) is 7.12. The van der Waals surface area contributed by atoms with Gasteiger partial charge in [0.25, 0.3) is 0 Å². The molecule has 0 aromatic heterocycles. The third kappa shape index (κ3) is 7.91. The fourth-order valence-corrected chi connectivity index (χ4v) is 5.04. The Morgan fingerprint density at radius 2 is 1.11 bits per heavy atom. The number of carbonyl (C=O) groups is 2. The van der Waals surface area contributed by atoms with Crippen molar-refractivity contribution in [2.75, 3.05) is 6.54 Å². The van der Waals surface area contributed by atoms with Crippen molar-refractivity contribution in [3.05, 3.63) is 107 Å². The first-order valence-electron chi connectivity index (χ1n) is 13.3. The quantitative estimate of drug-likeness (QED) is 0.281. The van der Waals surface area contributed by atoms with Crippen LogP contribution < -0.4 is 5.32 Å². The Kier molecular flexibility index (Phi) is 10.5. The summed E-state index contributed by atoms with van der Waals surface area (Å²) in [6.07, 6.45) is 3.16. The van der Waals surface area contributed by atoms with Crippen molar-refractivity contribution in [2.24, 2.45) is 11.8 Å². The molecule has 0 saturated heterocycles. The Labute approximate surface area is 217 Å². The number of hydrogen-bond donors (Lipinski definition) is 1. The highest BCUT2D eigenvalue weighted by Gasteiger charge is 2.24. The van der Waals surface area contributed by atoms with Gasteiger partial charge in [0.2, 0.25) is 5.91 Å². The molecule has 0 bridgehead atoms. The summed E-state index contributed by atoms with van der Waals surface area (Å²) in [4.78, 5) is 25.8. The zero-order valence-electron chi connectivity index (χ0n) is 22.2. The van der Waals surface area contributed by atoms with Gasteiger partial charge in [-0.1, -0.05) is 113 Å². The predicted molar refractivity (Wildman–Crippen MR) is 149 cm³/mol. The van der Waals surface area contributed by atoms with Crippen LogP contribution in [0.15, 0.2) is 84.9 Å². The third-order valence-corrected chi connectivity index (χ3v) is 6.90. The summed E-state index contributed by atoms with van der Waals surface area (Å²) in [7, 11) is 0. The highest BCUT2D eigenvalue weighted by Crippen LogP contribution is 2.27. The maximum absolute atomic E-state index is 12.9. The summed E-state index contributed by atoms with van der Waals surface area (Å²) >= 11 is 0. The molecule has 1 N–H and O–H groups in total. The van der Waals surface area contributed by atoms with Crippen LogP contribution in [0.5, 0.6) is 0 Å². The molecule has 3 aromatic rings. The second kappa shape index (κ2) is 13.8. The SMILES string of the molecule is CC(C)[C@H](C(=O)CCCc1ccc(CCNC(=O)[C@H](c2ccccc2)C(C)C)cc1)c1ccccc1. The largest absolute Gasteiger partial charge is 0.355 e. The number of carbonyl (C=O) groups excluding carboxylic acids is 2. The van der Waals surface area contributed by atoms with Crippen molar-refractivity contribution in [2.45, 2.75) is 65.2 Å². The number of Topliss-reactive ketones (excluding diaryl/α,β-unsaturated/α-hetero) is 1. The molecule has 3 heteroatoms. The second-order valence-corrected chi connectivity index (χ2v) is 10.4. The minimum absolute atomic E-state index is 0.0269. The van der Waals surface area contributed by atoms with Gasteiger partial charge in [-0.25, -0.2) is 0 Å². The van der Waals surface area contributed by atoms with Gasteiger partial charge in [0.1, 0.15) is 5.78 Å². The Morgan fingerprint density at radius 1 is 0.639 bits per heavy atom. The van der Waals surface area contributed by atoms with Crippen LogP contribution in [-0.4, -0.2) is 18.2 Å². The van der Waals surface area contributed by atoms with E-state index in [1.807, 2.05) is 48.5 Å². The van der Waals surface area contributed by atoms with Gasteiger partial charge in [0, 0.05) is 18.9 Å². The van der Waals surface area contributed by atoms with E-state index in [-0.39, 0.29) is 23.7 Å². The summed E-state index contributed by atoms with van der Waals surface area (Å²) < 4.78 is 0. The van der Waals surface area contributed by atoms with Gasteiger partial charge in [0.15, 0.2) is 0 Å². The molecule has 1 amide bonds. The van der Waals surface area contributed by atoms with Crippen molar-refractivity contribution < 1.29 is 9.59 Å². The molecule has 0 aliphatic heterocycles. The van der Waals surface area contributed by atoms with E-state index in [4.69, 9.17) is 0 Å². The van der Waals surface area contributed by atoms with E-state index >= 15 is 0 Å². The molecule has 2 atom stereocenters. The summed E-state index contributed by atoms with van der Waals surface area (Å²) in [5.41, 5.74) is 4.65. The van der Waals surface area contributed by atoms with Gasteiger partial charge >= 0.3 is 0 Å². The number of benzene rings is 3. The lowest BCUT2D eigenvalue weighted by Gasteiger charge is -2.20. The van der Waals surface area contributed by atoms with E-state index in [0.717, 1.165) is 30.4 Å². The molecular formula is C33H41NO2. The van der Waals surface area contributed by atoms with Crippen LogP contribution in [0, 0.1) is 11.8 Å². The fourth-order valence-electron chi connectivity index (χ4n) is 5.04. The molecule has 0 heterocycles. The number of aryl methyl sites for hydroxylation is 1. The lowest BCUT2D eigenvalue weighted by atomic mass is 9.83. The molecule has 0 spiro atoms. The molecular weight excluding hydrogens is 442 g/mol.